The molecular weight excluding hydrogens is 365 g/mol. The molecule has 1 heterocycles. The van der Waals surface area contributed by atoms with Crippen molar-refractivity contribution >= 4 is 50.2 Å². The quantitative estimate of drug-likeness (QED) is 0.652. The SMILES string of the molecule is O=c1[nH]c2ccc(C(Cl)c3cc(Cl)cc(Br)c3)cc2o1. The average molecular weight is 373 g/mol. The highest BCUT2D eigenvalue weighted by Gasteiger charge is 2.14. The highest BCUT2D eigenvalue weighted by atomic mass is 79.9. The minimum Gasteiger partial charge on any atom is -0.408 e. The second-order valence-electron chi connectivity index (χ2n) is 4.34. The average Bonchev–Trinajstić information content (AvgIpc) is 2.75. The minimum absolute atomic E-state index is 0.380. The van der Waals surface area contributed by atoms with Gasteiger partial charge in [-0.15, -0.1) is 11.6 Å². The number of rotatable bonds is 2. The van der Waals surface area contributed by atoms with Gasteiger partial charge in [0, 0.05) is 9.50 Å². The first-order chi connectivity index (χ1) is 9.52. The Kier molecular flexibility index (Phi) is 3.63. The lowest BCUT2D eigenvalue weighted by molar-refractivity contribution is 0.555. The summed E-state index contributed by atoms with van der Waals surface area (Å²) in [6.45, 7) is 0. The highest BCUT2D eigenvalue weighted by molar-refractivity contribution is 9.10. The van der Waals surface area contributed by atoms with E-state index < -0.39 is 5.76 Å². The molecule has 1 atom stereocenters. The molecule has 0 saturated heterocycles. The van der Waals surface area contributed by atoms with Crippen molar-refractivity contribution in [3.05, 3.63) is 67.6 Å². The van der Waals surface area contributed by atoms with Crippen LogP contribution < -0.4 is 5.76 Å². The lowest BCUT2D eigenvalue weighted by Crippen LogP contribution is -1.93. The Morgan fingerprint density at radius 1 is 1.15 bits per heavy atom. The Bertz CT molecular complexity index is 820. The molecule has 102 valence electrons. The number of fused-ring (bicyclic) bond motifs is 1. The van der Waals surface area contributed by atoms with Gasteiger partial charge < -0.3 is 4.42 Å². The fourth-order valence-electron chi connectivity index (χ4n) is 2.03. The normalized spacial score (nSPS) is 12.8. The molecule has 0 bridgehead atoms. The second-order valence-corrected chi connectivity index (χ2v) is 6.12. The Morgan fingerprint density at radius 2 is 1.95 bits per heavy atom. The van der Waals surface area contributed by atoms with Crippen molar-refractivity contribution in [1.29, 1.82) is 0 Å². The van der Waals surface area contributed by atoms with Gasteiger partial charge in [-0.05, 0) is 41.5 Å². The van der Waals surface area contributed by atoms with E-state index in [0.29, 0.717) is 16.1 Å². The van der Waals surface area contributed by atoms with Gasteiger partial charge in [0.25, 0.3) is 0 Å². The van der Waals surface area contributed by atoms with Crippen LogP contribution in [0.1, 0.15) is 16.5 Å². The van der Waals surface area contributed by atoms with E-state index in [1.807, 2.05) is 18.2 Å². The molecule has 0 radical (unpaired) electrons. The maximum atomic E-state index is 11.2. The first kappa shape index (κ1) is 13.7. The summed E-state index contributed by atoms with van der Waals surface area (Å²) in [5.41, 5.74) is 2.83. The van der Waals surface area contributed by atoms with Crippen LogP contribution in [0.2, 0.25) is 5.02 Å². The molecule has 1 N–H and O–H groups in total. The van der Waals surface area contributed by atoms with E-state index in [4.69, 9.17) is 27.6 Å². The van der Waals surface area contributed by atoms with E-state index in [2.05, 4.69) is 20.9 Å². The molecule has 3 aromatic rings. The Hall–Kier alpha value is -1.23. The third kappa shape index (κ3) is 2.64. The summed E-state index contributed by atoms with van der Waals surface area (Å²) >= 11 is 15.9. The molecule has 1 unspecified atom stereocenters. The Balaban J connectivity index is 2.06. The maximum Gasteiger partial charge on any atom is 0.417 e. The van der Waals surface area contributed by atoms with Gasteiger partial charge in [0.2, 0.25) is 0 Å². The number of alkyl halides is 1. The van der Waals surface area contributed by atoms with Gasteiger partial charge in [0.05, 0.1) is 10.9 Å². The number of halogens is 3. The Morgan fingerprint density at radius 3 is 2.70 bits per heavy atom. The third-order valence-corrected chi connectivity index (χ3v) is 4.10. The number of hydrogen-bond donors (Lipinski definition) is 1. The second kappa shape index (κ2) is 5.28. The van der Waals surface area contributed by atoms with Crippen molar-refractivity contribution in [2.75, 3.05) is 0 Å². The van der Waals surface area contributed by atoms with Crippen molar-refractivity contribution in [2.24, 2.45) is 0 Å². The van der Waals surface area contributed by atoms with E-state index in [9.17, 15) is 4.79 Å². The van der Waals surface area contributed by atoms with Crippen LogP contribution in [0.25, 0.3) is 11.1 Å². The molecule has 2 aromatic carbocycles. The highest BCUT2D eigenvalue weighted by Crippen LogP contribution is 2.33. The largest absolute Gasteiger partial charge is 0.417 e. The van der Waals surface area contributed by atoms with Gasteiger partial charge in [-0.1, -0.05) is 33.6 Å². The molecule has 3 nitrogen and oxygen atoms in total. The Labute approximate surface area is 132 Å². The number of hydrogen-bond acceptors (Lipinski definition) is 2. The predicted octanol–water partition coefficient (Wildman–Crippen LogP) is 4.87. The van der Waals surface area contributed by atoms with Crippen molar-refractivity contribution in [2.45, 2.75) is 5.38 Å². The van der Waals surface area contributed by atoms with Crippen LogP contribution in [0, 0.1) is 0 Å². The molecule has 0 saturated carbocycles. The molecule has 0 aliphatic rings. The number of aromatic amines is 1. The van der Waals surface area contributed by atoms with Crippen molar-refractivity contribution in [3.8, 4) is 0 Å². The van der Waals surface area contributed by atoms with Gasteiger partial charge in [0.15, 0.2) is 5.58 Å². The monoisotopic (exact) mass is 371 g/mol. The van der Waals surface area contributed by atoms with Crippen LogP contribution in [0.3, 0.4) is 0 Å². The first-order valence-corrected chi connectivity index (χ1v) is 7.36. The van der Waals surface area contributed by atoms with E-state index in [1.165, 1.54) is 0 Å². The van der Waals surface area contributed by atoms with Crippen LogP contribution in [0.4, 0.5) is 0 Å². The summed E-state index contributed by atoms with van der Waals surface area (Å²) in [4.78, 5) is 13.7. The van der Waals surface area contributed by atoms with Gasteiger partial charge in [-0.3, -0.25) is 4.98 Å². The molecule has 1 aromatic heterocycles. The molecule has 3 rings (SSSR count). The van der Waals surface area contributed by atoms with E-state index in [0.717, 1.165) is 15.6 Å². The van der Waals surface area contributed by atoms with Crippen LogP contribution in [-0.2, 0) is 0 Å². The number of nitrogens with one attached hydrogen (secondary N) is 1. The van der Waals surface area contributed by atoms with Crippen molar-refractivity contribution < 1.29 is 4.42 Å². The van der Waals surface area contributed by atoms with Crippen LogP contribution in [0.5, 0.6) is 0 Å². The molecule has 6 heteroatoms. The number of oxazole rings is 1. The molecule has 0 aliphatic heterocycles. The summed E-state index contributed by atoms with van der Waals surface area (Å²) in [6.07, 6.45) is 0. The number of H-pyrrole nitrogens is 1. The third-order valence-electron chi connectivity index (χ3n) is 2.92. The number of aromatic nitrogens is 1. The zero-order chi connectivity index (χ0) is 14.3. The van der Waals surface area contributed by atoms with Crippen molar-refractivity contribution in [1.82, 2.24) is 4.98 Å². The zero-order valence-electron chi connectivity index (χ0n) is 9.99. The zero-order valence-corrected chi connectivity index (χ0v) is 13.1. The van der Waals surface area contributed by atoms with E-state index in [1.54, 1.807) is 18.2 Å². The molecule has 0 aliphatic carbocycles. The minimum atomic E-state index is -0.478. The first-order valence-electron chi connectivity index (χ1n) is 5.76. The smallest absolute Gasteiger partial charge is 0.408 e. The number of benzene rings is 2. The summed E-state index contributed by atoms with van der Waals surface area (Å²) in [6, 6.07) is 10.9. The van der Waals surface area contributed by atoms with E-state index >= 15 is 0 Å². The van der Waals surface area contributed by atoms with Gasteiger partial charge in [-0.2, -0.15) is 0 Å². The lowest BCUT2D eigenvalue weighted by atomic mass is 10.0. The molecular formula is C14H8BrCl2NO2. The summed E-state index contributed by atoms with van der Waals surface area (Å²) < 4.78 is 5.90. The summed E-state index contributed by atoms with van der Waals surface area (Å²) in [5.74, 6) is -0.478. The molecule has 0 amide bonds. The molecule has 20 heavy (non-hydrogen) atoms. The van der Waals surface area contributed by atoms with Crippen LogP contribution >= 0.6 is 39.1 Å². The standard InChI is InChI=1S/C14H8BrCl2NO2/c15-9-3-8(4-10(16)6-9)13(17)7-1-2-11-12(5-7)20-14(19)18-11/h1-6,13H,(H,18,19). The van der Waals surface area contributed by atoms with Gasteiger partial charge in [0.1, 0.15) is 0 Å². The summed E-state index contributed by atoms with van der Waals surface area (Å²) in [5, 5.41) is 0.226. The van der Waals surface area contributed by atoms with Crippen LogP contribution in [0.15, 0.2) is 50.1 Å². The van der Waals surface area contributed by atoms with Crippen molar-refractivity contribution in [3.63, 3.8) is 0 Å². The maximum absolute atomic E-state index is 11.2. The van der Waals surface area contributed by atoms with E-state index in [-0.39, 0.29) is 5.38 Å². The molecule has 0 spiro atoms. The summed E-state index contributed by atoms with van der Waals surface area (Å²) in [7, 11) is 0. The topological polar surface area (TPSA) is 46.0 Å². The van der Waals surface area contributed by atoms with Gasteiger partial charge in [-0.25, -0.2) is 4.79 Å². The molecule has 0 fully saturated rings. The fraction of sp³-hybridized carbons (Fsp3) is 0.0714. The van der Waals surface area contributed by atoms with Crippen LogP contribution in [-0.4, -0.2) is 4.98 Å². The fourth-order valence-corrected chi connectivity index (χ4v) is 3.18. The lowest BCUT2D eigenvalue weighted by Gasteiger charge is -2.11. The predicted molar refractivity (Wildman–Crippen MR) is 83.7 cm³/mol. The van der Waals surface area contributed by atoms with Gasteiger partial charge >= 0.3 is 5.76 Å².